The average Bonchev–Trinajstić information content (AvgIpc) is 2.82. The van der Waals surface area contributed by atoms with Crippen molar-refractivity contribution in [2.24, 2.45) is 0 Å². The number of thiocarbonyl (C=S) groups is 1. The number of nitrogens with zero attached hydrogens (tertiary/aromatic N) is 2. The van der Waals surface area contributed by atoms with Gasteiger partial charge in [0.2, 0.25) is 5.91 Å². The van der Waals surface area contributed by atoms with Gasteiger partial charge in [-0.15, -0.1) is 0 Å². The van der Waals surface area contributed by atoms with E-state index in [-0.39, 0.29) is 5.91 Å². The first-order chi connectivity index (χ1) is 16.0. The number of nitriles is 1. The highest BCUT2D eigenvalue weighted by molar-refractivity contribution is 7.81. The van der Waals surface area contributed by atoms with Crippen LogP contribution in [0.5, 0.6) is 5.75 Å². The molecule has 0 aliphatic heterocycles. The van der Waals surface area contributed by atoms with E-state index in [9.17, 15) is 10.1 Å². The molecule has 0 saturated carbocycles. The molecule has 6 nitrogen and oxygen atoms in total. The summed E-state index contributed by atoms with van der Waals surface area (Å²) in [5.74, 6) is 0.790. The Morgan fingerprint density at radius 3 is 2.88 bits per heavy atom. The molecule has 162 valence electrons. The highest BCUT2D eigenvalue weighted by Crippen LogP contribution is 2.35. The van der Waals surface area contributed by atoms with Crippen molar-refractivity contribution in [2.75, 3.05) is 10.6 Å². The molecule has 0 atom stereocenters. The van der Waals surface area contributed by atoms with Gasteiger partial charge in [-0.3, -0.25) is 9.78 Å². The fourth-order valence-electron chi connectivity index (χ4n) is 3.23. The summed E-state index contributed by atoms with van der Waals surface area (Å²) in [5.41, 5.74) is 2.74. The SMILES string of the molecule is C=CC(=O)Nc1ccc2ncc(C#N)c(Nc3ccccc3OC3=CCC(=S)C(Cl)=C3)c2c1. The highest BCUT2D eigenvalue weighted by Gasteiger charge is 2.15. The van der Waals surface area contributed by atoms with Crippen LogP contribution >= 0.6 is 23.8 Å². The number of carbonyl (C=O) groups is 1. The molecule has 0 saturated heterocycles. The summed E-state index contributed by atoms with van der Waals surface area (Å²) >= 11 is 11.4. The van der Waals surface area contributed by atoms with Crippen LogP contribution in [-0.2, 0) is 4.79 Å². The van der Waals surface area contributed by atoms with Crippen LogP contribution in [0.4, 0.5) is 17.1 Å². The van der Waals surface area contributed by atoms with E-state index < -0.39 is 0 Å². The number of benzene rings is 2. The molecule has 33 heavy (non-hydrogen) atoms. The fourth-order valence-corrected chi connectivity index (χ4v) is 3.56. The number of para-hydroxylation sites is 2. The second-order valence-corrected chi connectivity index (χ2v) is 7.93. The largest absolute Gasteiger partial charge is 0.455 e. The number of fused-ring (bicyclic) bond motifs is 1. The van der Waals surface area contributed by atoms with E-state index in [0.29, 0.717) is 61.4 Å². The molecule has 0 unspecified atom stereocenters. The molecule has 0 radical (unpaired) electrons. The third-order valence-electron chi connectivity index (χ3n) is 4.84. The standard InChI is InChI=1S/C25H17ClN4O2S/c1-2-24(31)29-16-7-9-20-18(11-16)25(15(13-27)14-28-20)30-21-5-3-4-6-22(21)32-17-8-10-23(33)19(26)12-17/h2-9,11-12,14H,1,10H2,(H,28,30)(H,29,31). The van der Waals surface area contributed by atoms with Crippen LogP contribution in [-0.4, -0.2) is 15.8 Å². The molecule has 3 aromatic rings. The van der Waals surface area contributed by atoms with E-state index in [4.69, 9.17) is 28.6 Å². The summed E-state index contributed by atoms with van der Waals surface area (Å²) in [5, 5.41) is 16.9. The van der Waals surface area contributed by atoms with Gasteiger partial charge in [0.05, 0.1) is 27.5 Å². The van der Waals surface area contributed by atoms with Gasteiger partial charge in [-0.2, -0.15) is 5.26 Å². The zero-order valence-corrected chi connectivity index (χ0v) is 18.8. The third kappa shape index (κ3) is 4.93. The molecule has 4 rings (SSSR count). The van der Waals surface area contributed by atoms with Crippen molar-refractivity contribution >= 4 is 62.6 Å². The lowest BCUT2D eigenvalue weighted by atomic mass is 10.1. The van der Waals surface area contributed by atoms with Crippen molar-refractivity contribution in [3.8, 4) is 11.8 Å². The van der Waals surface area contributed by atoms with E-state index in [2.05, 4.69) is 28.3 Å². The van der Waals surface area contributed by atoms with Gasteiger partial charge >= 0.3 is 0 Å². The van der Waals surface area contributed by atoms with E-state index >= 15 is 0 Å². The van der Waals surface area contributed by atoms with Gasteiger partial charge < -0.3 is 15.4 Å². The molecule has 1 aliphatic carbocycles. The number of anilines is 3. The summed E-state index contributed by atoms with van der Waals surface area (Å²) < 4.78 is 6.07. The van der Waals surface area contributed by atoms with Gasteiger partial charge in [-0.25, -0.2) is 0 Å². The van der Waals surface area contributed by atoms with Gasteiger partial charge in [0, 0.05) is 34.6 Å². The number of hydrogen-bond acceptors (Lipinski definition) is 6. The first kappa shape index (κ1) is 22.2. The Morgan fingerprint density at radius 2 is 2.12 bits per heavy atom. The molecule has 2 aromatic carbocycles. The predicted octanol–water partition coefficient (Wildman–Crippen LogP) is 6.13. The van der Waals surface area contributed by atoms with E-state index in [1.54, 1.807) is 24.3 Å². The van der Waals surface area contributed by atoms with Crippen molar-refractivity contribution in [1.82, 2.24) is 4.98 Å². The average molecular weight is 473 g/mol. The molecule has 8 heteroatoms. The number of ether oxygens (including phenoxy) is 1. The van der Waals surface area contributed by atoms with Crippen molar-refractivity contribution < 1.29 is 9.53 Å². The Balaban J connectivity index is 1.74. The van der Waals surface area contributed by atoms with E-state index in [1.807, 2.05) is 30.3 Å². The summed E-state index contributed by atoms with van der Waals surface area (Å²) in [6.45, 7) is 3.47. The number of nitrogens with one attached hydrogen (secondary N) is 2. The van der Waals surface area contributed by atoms with Crippen LogP contribution < -0.4 is 15.4 Å². The molecule has 0 spiro atoms. The van der Waals surface area contributed by atoms with Crippen LogP contribution in [0.2, 0.25) is 0 Å². The van der Waals surface area contributed by atoms with Gasteiger partial charge in [0.1, 0.15) is 11.8 Å². The molecule has 1 amide bonds. The molecule has 1 aromatic heterocycles. The van der Waals surface area contributed by atoms with Gasteiger partial charge in [-0.05, 0) is 42.5 Å². The fraction of sp³-hybridized carbons (Fsp3) is 0.0400. The summed E-state index contributed by atoms with van der Waals surface area (Å²) in [6, 6.07) is 14.8. The number of pyridine rings is 1. The molecule has 0 fully saturated rings. The molecule has 2 N–H and O–H groups in total. The Morgan fingerprint density at radius 1 is 1.30 bits per heavy atom. The number of amides is 1. The number of carbonyl (C=O) groups excluding carboxylic acids is 1. The van der Waals surface area contributed by atoms with E-state index in [1.165, 1.54) is 12.3 Å². The first-order valence-corrected chi connectivity index (χ1v) is 10.7. The predicted molar refractivity (Wildman–Crippen MR) is 135 cm³/mol. The topological polar surface area (TPSA) is 87.0 Å². The van der Waals surface area contributed by atoms with E-state index in [0.717, 1.165) is 0 Å². The Kier molecular flexibility index (Phi) is 6.50. The van der Waals surface area contributed by atoms with Gasteiger partial charge in [0.15, 0.2) is 5.75 Å². The summed E-state index contributed by atoms with van der Waals surface area (Å²) in [6.07, 6.45) is 6.77. The number of rotatable bonds is 6. The van der Waals surface area contributed by atoms with Crippen molar-refractivity contribution in [2.45, 2.75) is 6.42 Å². The zero-order chi connectivity index (χ0) is 23.4. The maximum atomic E-state index is 11.7. The van der Waals surface area contributed by atoms with Crippen molar-refractivity contribution in [1.29, 1.82) is 5.26 Å². The molecule has 0 bridgehead atoms. The van der Waals surface area contributed by atoms with Crippen molar-refractivity contribution in [3.63, 3.8) is 0 Å². The van der Waals surface area contributed by atoms with Crippen LogP contribution in [0.3, 0.4) is 0 Å². The Hall–Kier alpha value is -3.99. The Labute approximate surface area is 200 Å². The lowest BCUT2D eigenvalue weighted by molar-refractivity contribution is -0.111. The Bertz CT molecular complexity index is 1410. The van der Waals surface area contributed by atoms with Crippen LogP contribution in [0, 0.1) is 11.3 Å². The lowest BCUT2D eigenvalue weighted by Crippen LogP contribution is -2.07. The molecule has 1 aliphatic rings. The molecular formula is C25H17ClN4O2S. The summed E-state index contributed by atoms with van der Waals surface area (Å²) in [4.78, 5) is 16.8. The van der Waals surface area contributed by atoms with Crippen molar-refractivity contribution in [3.05, 3.63) is 89.8 Å². The summed E-state index contributed by atoms with van der Waals surface area (Å²) in [7, 11) is 0. The lowest BCUT2D eigenvalue weighted by Gasteiger charge is -2.17. The maximum absolute atomic E-state index is 11.7. The number of halogens is 1. The second-order valence-electron chi connectivity index (χ2n) is 7.03. The minimum atomic E-state index is -0.334. The van der Waals surface area contributed by atoms with Crippen LogP contribution in [0.15, 0.2) is 84.3 Å². The van der Waals surface area contributed by atoms with Crippen LogP contribution in [0.1, 0.15) is 12.0 Å². The second kappa shape index (κ2) is 9.65. The smallest absolute Gasteiger partial charge is 0.247 e. The third-order valence-corrected chi connectivity index (χ3v) is 5.68. The normalized spacial score (nSPS) is 12.9. The number of hydrogen-bond donors (Lipinski definition) is 2. The van der Waals surface area contributed by atoms with Gasteiger partial charge in [0.25, 0.3) is 0 Å². The van der Waals surface area contributed by atoms with Crippen LogP contribution in [0.25, 0.3) is 10.9 Å². The minimum absolute atomic E-state index is 0.334. The maximum Gasteiger partial charge on any atom is 0.247 e. The monoisotopic (exact) mass is 472 g/mol. The number of allylic oxidation sites excluding steroid dienone is 3. The zero-order valence-electron chi connectivity index (χ0n) is 17.3. The highest BCUT2D eigenvalue weighted by atomic mass is 35.5. The number of aromatic nitrogens is 1. The quantitative estimate of drug-likeness (QED) is 0.331. The van der Waals surface area contributed by atoms with Gasteiger partial charge in [-0.1, -0.05) is 42.5 Å². The first-order valence-electron chi connectivity index (χ1n) is 9.89. The molecule has 1 heterocycles. The molecular weight excluding hydrogens is 456 g/mol. The minimum Gasteiger partial charge on any atom is -0.455 e.